The molecule has 0 bridgehead atoms. The number of rotatable bonds is 3. The van der Waals surface area contributed by atoms with Crippen LogP contribution in [0.3, 0.4) is 0 Å². The molecule has 0 aliphatic heterocycles. The largest absolute Gasteiger partial charge is 0.573 e. The fourth-order valence-corrected chi connectivity index (χ4v) is 2.71. The summed E-state index contributed by atoms with van der Waals surface area (Å²) in [6, 6.07) is 7.15. The van der Waals surface area contributed by atoms with Crippen molar-refractivity contribution in [3.8, 4) is 11.4 Å². The van der Waals surface area contributed by atoms with Crippen molar-refractivity contribution in [2.24, 2.45) is 5.73 Å². The molecule has 2 N–H and O–H groups in total. The molecule has 5 nitrogen and oxygen atoms in total. The molecular formula is C14H10BrF3N4O. The molecule has 2 heterocycles. The first-order chi connectivity index (χ1) is 10.9. The minimum absolute atomic E-state index is 0.211. The zero-order valence-corrected chi connectivity index (χ0v) is 13.1. The first-order valence-electron chi connectivity index (χ1n) is 6.47. The van der Waals surface area contributed by atoms with Gasteiger partial charge >= 0.3 is 6.36 Å². The van der Waals surface area contributed by atoms with E-state index in [-0.39, 0.29) is 12.3 Å². The Kier molecular flexibility index (Phi) is 3.99. The zero-order valence-electron chi connectivity index (χ0n) is 11.5. The van der Waals surface area contributed by atoms with Crippen LogP contribution in [0.15, 0.2) is 41.0 Å². The Hall–Kier alpha value is -2.13. The number of benzene rings is 1. The van der Waals surface area contributed by atoms with Crippen molar-refractivity contribution in [3.05, 3.63) is 46.7 Å². The number of ether oxygens (including phenoxy) is 1. The van der Waals surface area contributed by atoms with Crippen molar-refractivity contribution >= 4 is 27.0 Å². The second kappa shape index (κ2) is 5.82. The summed E-state index contributed by atoms with van der Waals surface area (Å²) in [5, 5.41) is 5.15. The molecule has 0 atom stereocenters. The van der Waals surface area contributed by atoms with Gasteiger partial charge in [0.25, 0.3) is 0 Å². The number of fused-ring (bicyclic) bond motifs is 1. The van der Waals surface area contributed by atoms with E-state index in [0.717, 1.165) is 9.86 Å². The molecule has 3 aromatic rings. The van der Waals surface area contributed by atoms with Crippen LogP contribution in [0, 0.1) is 0 Å². The van der Waals surface area contributed by atoms with Crippen LogP contribution < -0.4 is 10.5 Å². The van der Waals surface area contributed by atoms with Gasteiger partial charge in [0.15, 0.2) is 5.65 Å². The topological polar surface area (TPSA) is 66.0 Å². The lowest BCUT2D eigenvalue weighted by Crippen LogP contribution is -2.17. The summed E-state index contributed by atoms with van der Waals surface area (Å²) in [5.41, 5.74) is 7.45. The van der Waals surface area contributed by atoms with Gasteiger partial charge in [-0.05, 0) is 46.3 Å². The summed E-state index contributed by atoms with van der Waals surface area (Å²) in [4.78, 5) is 4.27. The molecule has 0 unspecified atom stereocenters. The summed E-state index contributed by atoms with van der Waals surface area (Å²) >= 11 is 3.43. The van der Waals surface area contributed by atoms with Crippen molar-refractivity contribution in [1.29, 1.82) is 0 Å². The van der Waals surface area contributed by atoms with Crippen molar-refractivity contribution in [1.82, 2.24) is 14.8 Å². The van der Waals surface area contributed by atoms with Crippen LogP contribution in [-0.2, 0) is 6.54 Å². The number of nitrogens with two attached hydrogens (primary N) is 1. The highest BCUT2D eigenvalue weighted by Crippen LogP contribution is 2.28. The summed E-state index contributed by atoms with van der Waals surface area (Å²) in [7, 11) is 0. The molecule has 0 saturated heterocycles. The number of nitrogens with zero attached hydrogens (tertiary/aromatic N) is 3. The van der Waals surface area contributed by atoms with E-state index in [9.17, 15) is 13.2 Å². The summed E-state index contributed by atoms with van der Waals surface area (Å²) in [6.45, 7) is 0.211. The van der Waals surface area contributed by atoms with Crippen LogP contribution >= 0.6 is 15.9 Å². The van der Waals surface area contributed by atoms with Crippen LogP contribution in [0.5, 0.6) is 5.75 Å². The lowest BCUT2D eigenvalue weighted by atomic mass is 10.2. The van der Waals surface area contributed by atoms with Gasteiger partial charge < -0.3 is 10.5 Å². The molecular weight excluding hydrogens is 377 g/mol. The van der Waals surface area contributed by atoms with Gasteiger partial charge in [-0.15, -0.1) is 13.2 Å². The van der Waals surface area contributed by atoms with Crippen molar-refractivity contribution in [2.75, 3.05) is 0 Å². The fraction of sp³-hybridized carbons (Fsp3) is 0.143. The van der Waals surface area contributed by atoms with E-state index in [0.29, 0.717) is 17.0 Å². The molecule has 1 aromatic carbocycles. The van der Waals surface area contributed by atoms with Crippen molar-refractivity contribution in [3.63, 3.8) is 0 Å². The molecule has 0 amide bonds. The Morgan fingerprint density at radius 3 is 2.48 bits per heavy atom. The van der Waals surface area contributed by atoms with E-state index >= 15 is 0 Å². The third-order valence-corrected chi connectivity index (χ3v) is 3.76. The molecule has 9 heteroatoms. The van der Waals surface area contributed by atoms with Crippen molar-refractivity contribution in [2.45, 2.75) is 12.9 Å². The second-order valence-electron chi connectivity index (χ2n) is 4.60. The van der Waals surface area contributed by atoms with Gasteiger partial charge in [-0.2, -0.15) is 5.10 Å². The van der Waals surface area contributed by atoms with Crippen LogP contribution in [0.4, 0.5) is 13.2 Å². The van der Waals surface area contributed by atoms with Crippen LogP contribution in [0.25, 0.3) is 16.7 Å². The van der Waals surface area contributed by atoms with Gasteiger partial charge in [-0.25, -0.2) is 9.67 Å². The Labute approximate surface area is 137 Å². The minimum atomic E-state index is -4.72. The number of halogens is 4. The maximum absolute atomic E-state index is 12.2. The number of aromatic nitrogens is 3. The van der Waals surface area contributed by atoms with Crippen molar-refractivity contribution < 1.29 is 17.9 Å². The van der Waals surface area contributed by atoms with E-state index in [1.54, 1.807) is 12.3 Å². The molecule has 0 aliphatic carbocycles. The quantitative estimate of drug-likeness (QED) is 0.747. The molecule has 2 aromatic heterocycles. The highest BCUT2D eigenvalue weighted by Gasteiger charge is 2.31. The van der Waals surface area contributed by atoms with E-state index in [4.69, 9.17) is 5.73 Å². The molecule has 3 rings (SSSR count). The van der Waals surface area contributed by atoms with E-state index < -0.39 is 6.36 Å². The van der Waals surface area contributed by atoms with Crippen LogP contribution in [0.2, 0.25) is 0 Å². The van der Waals surface area contributed by atoms with E-state index in [2.05, 4.69) is 30.7 Å². The highest BCUT2D eigenvalue weighted by molar-refractivity contribution is 9.10. The predicted molar refractivity (Wildman–Crippen MR) is 81.1 cm³/mol. The molecule has 0 radical (unpaired) electrons. The van der Waals surface area contributed by atoms with Crippen LogP contribution in [0.1, 0.15) is 5.69 Å². The first-order valence-corrected chi connectivity index (χ1v) is 7.26. The fourth-order valence-electron chi connectivity index (χ4n) is 2.19. The molecule has 0 saturated carbocycles. The number of pyridine rings is 1. The second-order valence-corrected chi connectivity index (χ2v) is 5.45. The zero-order chi connectivity index (χ0) is 16.6. The third-order valence-electron chi connectivity index (χ3n) is 3.10. The lowest BCUT2D eigenvalue weighted by Gasteiger charge is -2.09. The predicted octanol–water partition coefficient (Wildman–Crippen LogP) is 3.54. The van der Waals surface area contributed by atoms with Gasteiger partial charge in [0.2, 0.25) is 0 Å². The Bertz CT molecular complexity index is 846. The number of hydrogen-bond donors (Lipinski definition) is 1. The van der Waals surface area contributed by atoms with E-state index in [1.807, 2.05) is 0 Å². The molecule has 0 spiro atoms. The van der Waals surface area contributed by atoms with Gasteiger partial charge in [-0.1, -0.05) is 0 Å². The highest BCUT2D eigenvalue weighted by atomic mass is 79.9. The minimum Gasteiger partial charge on any atom is -0.406 e. The average Bonchev–Trinajstić information content (AvgIpc) is 2.87. The SMILES string of the molecule is NCc1nn(-c2ccc(OC(F)(F)F)cc2)c2nccc(Br)c12. The van der Waals surface area contributed by atoms with Gasteiger partial charge in [0.05, 0.1) is 16.8 Å². The first kappa shape index (κ1) is 15.8. The average molecular weight is 387 g/mol. The normalized spacial score (nSPS) is 11.9. The molecule has 23 heavy (non-hydrogen) atoms. The summed E-state index contributed by atoms with van der Waals surface area (Å²) < 4.78 is 42.8. The van der Waals surface area contributed by atoms with Crippen LogP contribution in [-0.4, -0.2) is 21.1 Å². The number of hydrogen-bond acceptors (Lipinski definition) is 4. The Balaban J connectivity index is 2.05. The number of alkyl halides is 3. The molecule has 0 fully saturated rings. The lowest BCUT2D eigenvalue weighted by molar-refractivity contribution is -0.274. The third kappa shape index (κ3) is 3.15. The van der Waals surface area contributed by atoms with Gasteiger partial charge in [0, 0.05) is 17.2 Å². The smallest absolute Gasteiger partial charge is 0.406 e. The Morgan fingerprint density at radius 1 is 1.17 bits per heavy atom. The molecule has 120 valence electrons. The van der Waals surface area contributed by atoms with Gasteiger partial charge in [-0.3, -0.25) is 0 Å². The summed E-state index contributed by atoms with van der Waals surface area (Å²) in [6.07, 6.45) is -3.12. The maximum atomic E-state index is 12.2. The molecule has 0 aliphatic rings. The van der Waals surface area contributed by atoms with Gasteiger partial charge in [0.1, 0.15) is 5.75 Å². The standard InChI is InChI=1S/C14H10BrF3N4O/c15-10-5-6-20-13-12(10)11(7-19)21-22(13)8-1-3-9(4-2-8)23-14(16,17)18/h1-6H,7,19H2. The van der Waals surface area contributed by atoms with E-state index in [1.165, 1.54) is 28.9 Å². The summed E-state index contributed by atoms with van der Waals surface area (Å²) in [5.74, 6) is -0.300. The Morgan fingerprint density at radius 2 is 1.87 bits per heavy atom. The monoisotopic (exact) mass is 386 g/mol. The maximum Gasteiger partial charge on any atom is 0.573 e.